The van der Waals surface area contributed by atoms with Crippen molar-refractivity contribution >= 4 is 17.4 Å². The molecule has 0 heterocycles. The normalized spacial score (nSPS) is 10.4. The van der Waals surface area contributed by atoms with E-state index in [1.807, 2.05) is 79.7 Å². The quantitative estimate of drug-likeness (QED) is 0.915. The fourth-order valence-corrected chi connectivity index (χ4v) is 2.00. The second kappa shape index (κ2) is 7.45. The van der Waals surface area contributed by atoms with Crippen molar-refractivity contribution in [3.63, 3.8) is 0 Å². The topological polar surface area (TPSA) is 35.6 Å². The first kappa shape index (κ1) is 15.1. The van der Waals surface area contributed by atoms with E-state index in [0.29, 0.717) is 6.54 Å². The maximum Gasteiger partial charge on any atom is 0.326 e. The summed E-state index contributed by atoms with van der Waals surface area (Å²) in [6, 6.07) is 19.2. The second-order valence-corrected chi connectivity index (χ2v) is 5.04. The first-order chi connectivity index (χ1) is 10.2. The van der Waals surface area contributed by atoms with Gasteiger partial charge in [0.05, 0.1) is 11.4 Å². The average Bonchev–Trinajstić information content (AvgIpc) is 2.49. The Hall–Kier alpha value is -2.33. The summed E-state index contributed by atoms with van der Waals surface area (Å²) < 4.78 is 0. The minimum Gasteiger partial charge on any atom is -0.336 e. The van der Waals surface area contributed by atoms with Crippen molar-refractivity contribution in [1.82, 2.24) is 10.2 Å². The minimum atomic E-state index is -0.116. The van der Waals surface area contributed by atoms with Gasteiger partial charge in [0.1, 0.15) is 0 Å². The Morgan fingerprint density at radius 3 is 1.81 bits per heavy atom. The van der Waals surface area contributed by atoms with E-state index in [0.717, 1.165) is 17.9 Å². The van der Waals surface area contributed by atoms with E-state index in [-0.39, 0.29) is 6.03 Å². The zero-order valence-corrected chi connectivity index (χ0v) is 12.5. The van der Waals surface area contributed by atoms with E-state index in [1.54, 1.807) is 4.90 Å². The molecule has 0 saturated carbocycles. The molecule has 0 radical (unpaired) electrons. The van der Waals surface area contributed by atoms with Gasteiger partial charge in [0.15, 0.2) is 0 Å². The number of amides is 2. The van der Waals surface area contributed by atoms with Gasteiger partial charge in [-0.05, 0) is 38.4 Å². The van der Waals surface area contributed by atoms with Crippen LogP contribution in [0.3, 0.4) is 0 Å². The van der Waals surface area contributed by atoms with Gasteiger partial charge in [-0.2, -0.15) is 0 Å². The van der Waals surface area contributed by atoms with E-state index in [4.69, 9.17) is 0 Å². The molecule has 2 aromatic rings. The molecule has 0 atom stereocenters. The molecule has 0 aliphatic carbocycles. The van der Waals surface area contributed by atoms with Gasteiger partial charge in [0.2, 0.25) is 0 Å². The molecule has 0 fully saturated rings. The van der Waals surface area contributed by atoms with Crippen molar-refractivity contribution in [3.8, 4) is 0 Å². The number of nitrogens with zero attached hydrogens (tertiary/aromatic N) is 2. The number of hydrogen-bond donors (Lipinski definition) is 1. The average molecular weight is 283 g/mol. The molecule has 0 aliphatic heterocycles. The predicted octanol–water partition coefficient (Wildman–Crippen LogP) is 3.10. The Morgan fingerprint density at radius 1 is 0.905 bits per heavy atom. The highest BCUT2D eigenvalue weighted by molar-refractivity contribution is 5.99. The molecule has 0 aliphatic rings. The third-order valence-electron chi connectivity index (χ3n) is 3.07. The standard InChI is InChI=1S/C17H21N3O/c1-19(2)14-13-18-17(21)20(15-9-5-3-6-10-15)16-11-7-4-8-12-16/h3-12H,13-14H2,1-2H3,(H,18,21). The minimum absolute atomic E-state index is 0.116. The van der Waals surface area contributed by atoms with Crippen molar-refractivity contribution < 1.29 is 4.79 Å². The Bertz CT molecular complexity index is 515. The molecule has 4 nitrogen and oxygen atoms in total. The molecule has 110 valence electrons. The molecule has 1 N–H and O–H groups in total. The highest BCUT2D eigenvalue weighted by Crippen LogP contribution is 2.24. The molecule has 2 rings (SSSR count). The highest BCUT2D eigenvalue weighted by Gasteiger charge is 2.16. The van der Waals surface area contributed by atoms with E-state index in [2.05, 4.69) is 5.32 Å². The number of nitrogens with one attached hydrogen (secondary N) is 1. The summed E-state index contributed by atoms with van der Waals surface area (Å²) in [5, 5.41) is 2.96. The van der Waals surface area contributed by atoms with Gasteiger partial charge >= 0.3 is 6.03 Å². The molecule has 0 spiro atoms. The third kappa shape index (κ3) is 4.33. The van der Waals surface area contributed by atoms with Crippen LogP contribution >= 0.6 is 0 Å². The number of benzene rings is 2. The Morgan fingerprint density at radius 2 is 1.38 bits per heavy atom. The van der Waals surface area contributed by atoms with Crippen molar-refractivity contribution in [3.05, 3.63) is 60.7 Å². The fraction of sp³-hybridized carbons (Fsp3) is 0.235. The maximum absolute atomic E-state index is 12.5. The number of anilines is 2. The molecule has 0 bridgehead atoms. The summed E-state index contributed by atoms with van der Waals surface area (Å²) in [6.07, 6.45) is 0. The summed E-state index contributed by atoms with van der Waals surface area (Å²) in [7, 11) is 3.97. The molecule has 0 aromatic heterocycles. The highest BCUT2D eigenvalue weighted by atomic mass is 16.2. The van der Waals surface area contributed by atoms with Gasteiger partial charge in [-0.25, -0.2) is 4.79 Å². The maximum atomic E-state index is 12.5. The van der Waals surface area contributed by atoms with E-state index >= 15 is 0 Å². The lowest BCUT2D eigenvalue weighted by Gasteiger charge is -2.23. The summed E-state index contributed by atoms with van der Waals surface area (Å²) in [5.74, 6) is 0. The van der Waals surface area contributed by atoms with E-state index < -0.39 is 0 Å². The van der Waals surface area contributed by atoms with E-state index in [9.17, 15) is 4.79 Å². The zero-order chi connectivity index (χ0) is 15.1. The fourth-order valence-electron chi connectivity index (χ4n) is 2.00. The molecule has 4 heteroatoms. The van der Waals surface area contributed by atoms with Crippen molar-refractivity contribution in [2.24, 2.45) is 0 Å². The first-order valence-corrected chi connectivity index (χ1v) is 7.01. The zero-order valence-electron chi connectivity index (χ0n) is 12.5. The Balaban J connectivity index is 2.19. The summed E-state index contributed by atoms with van der Waals surface area (Å²) >= 11 is 0. The van der Waals surface area contributed by atoms with Crippen LogP contribution in [0.2, 0.25) is 0 Å². The van der Waals surface area contributed by atoms with Crippen LogP contribution in [0.1, 0.15) is 0 Å². The Labute approximate surface area is 126 Å². The van der Waals surface area contributed by atoms with Crippen LogP contribution < -0.4 is 10.2 Å². The number of carbonyl (C=O) groups excluding carboxylic acids is 1. The summed E-state index contributed by atoms with van der Waals surface area (Å²) in [6.45, 7) is 1.42. The third-order valence-corrected chi connectivity index (χ3v) is 3.07. The number of hydrogen-bond acceptors (Lipinski definition) is 2. The lowest BCUT2D eigenvalue weighted by Crippen LogP contribution is -2.40. The van der Waals surface area contributed by atoms with Crippen LogP contribution in [0.4, 0.5) is 16.2 Å². The number of rotatable bonds is 5. The molecule has 2 amide bonds. The number of para-hydroxylation sites is 2. The monoisotopic (exact) mass is 283 g/mol. The van der Waals surface area contributed by atoms with Crippen LogP contribution in [0.25, 0.3) is 0 Å². The molecular weight excluding hydrogens is 262 g/mol. The van der Waals surface area contributed by atoms with Gasteiger partial charge in [-0.3, -0.25) is 4.90 Å². The number of carbonyl (C=O) groups is 1. The molecule has 0 unspecified atom stereocenters. The van der Waals surface area contributed by atoms with Crippen molar-refractivity contribution in [1.29, 1.82) is 0 Å². The number of urea groups is 1. The summed E-state index contributed by atoms with van der Waals surface area (Å²) in [4.78, 5) is 16.2. The lowest BCUT2D eigenvalue weighted by atomic mass is 10.2. The molecular formula is C17H21N3O. The van der Waals surface area contributed by atoms with Crippen LogP contribution in [-0.2, 0) is 0 Å². The van der Waals surface area contributed by atoms with Gasteiger partial charge in [0, 0.05) is 13.1 Å². The van der Waals surface area contributed by atoms with Crippen LogP contribution in [0.5, 0.6) is 0 Å². The number of likely N-dealkylation sites (N-methyl/N-ethyl adjacent to an activating group) is 1. The van der Waals surface area contributed by atoms with Gasteiger partial charge < -0.3 is 10.2 Å². The largest absolute Gasteiger partial charge is 0.336 e. The van der Waals surface area contributed by atoms with Crippen LogP contribution in [-0.4, -0.2) is 38.1 Å². The SMILES string of the molecule is CN(C)CCNC(=O)N(c1ccccc1)c1ccccc1. The van der Waals surface area contributed by atoms with Gasteiger partial charge in [0.25, 0.3) is 0 Å². The van der Waals surface area contributed by atoms with Crippen LogP contribution in [0, 0.1) is 0 Å². The Kier molecular flexibility index (Phi) is 5.35. The molecule has 0 saturated heterocycles. The van der Waals surface area contributed by atoms with E-state index in [1.165, 1.54) is 0 Å². The second-order valence-electron chi connectivity index (χ2n) is 5.04. The predicted molar refractivity (Wildman–Crippen MR) is 87.0 cm³/mol. The smallest absolute Gasteiger partial charge is 0.326 e. The van der Waals surface area contributed by atoms with Crippen molar-refractivity contribution in [2.45, 2.75) is 0 Å². The van der Waals surface area contributed by atoms with Gasteiger partial charge in [-0.15, -0.1) is 0 Å². The molecule has 21 heavy (non-hydrogen) atoms. The molecule has 2 aromatic carbocycles. The van der Waals surface area contributed by atoms with Crippen LogP contribution in [0.15, 0.2) is 60.7 Å². The van der Waals surface area contributed by atoms with Crippen molar-refractivity contribution in [2.75, 3.05) is 32.1 Å². The van der Waals surface area contributed by atoms with Gasteiger partial charge in [-0.1, -0.05) is 36.4 Å². The first-order valence-electron chi connectivity index (χ1n) is 7.01. The summed E-state index contributed by atoms with van der Waals surface area (Å²) in [5.41, 5.74) is 1.71. The lowest BCUT2D eigenvalue weighted by molar-refractivity contribution is 0.247.